The molecule has 0 unspecified atom stereocenters. The maximum atomic E-state index is 12.6. The van der Waals surface area contributed by atoms with Gasteiger partial charge in [0, 0.05) is 12.1 Å². The molecular formula is C17H23NO3. The molecule has 4 heteroatoms. The van der Waals surface area contributed by atoms with Crippen LogP contribution in [0.1, 0.15) is 49.5 Å². The van der Waals surface area contributed by atoms with Crippen LogP contribution in [0.3, 0.4) is 0 Å². The van der Waals surface area contributed by atoms with Gasteiger partial charge >= 0.3 is 5.97 Å². The first-order valence-electron chi connectivity index (χ1n) is 7.39. The second-order valence-electron chi connectivity index (χ2n) is 6.66. The third-order valence-electron chi connectivity index (χ3n) is 3.65. The number of hydrogen-bond acceptors (Lipinski definition) is 4. The Bertz CT molecular complexity index is 528. The van der Waals surface area contributed by atoms with Gasteiger partial charge in [0.25, 0.3) is 0 Å². The van der Waals surface area contributed by atoms with Crippen LogP contribution >= 0.6 is 0 Å². The molecule has 0 saturated carbocycles. The minimum absolute atomic E-state index is 0.0224. The van der Waals surface area contributed by atoms with Gasteiger partial charge in [-0.05, 0) is 40.5 Å². The molecule has 1 aliphatic heterocycles. The summed E-state index contributed by atoms with van der Waals surface area (Å²) in [6.45, 7) is 8.03. The van der Waals surface area contributed by atoms with Gasteiger partial charge in [-0.15, -0.1) is 5.06 Å². The first-order valence-corrected chi connectivity index (χ1v) is 7.39. The molecular weight excluding hydrogens is 266 g/mol. The van der Waals surface area contributed by atoms with Crippen molar-refractivity contribution in [2.75, 3.05) is 6.54 Å². The lowest BCUT2D eigenvalue weighted by Crippen LogP contribution is -2.40. The molecule has 1 aromatic carbocycles. The molecule has 0 N–H and O–H groups in total. The quantitative estimate of drug-likeness (QED) is 0.802. The Morgan fingerprint density at radius 3 is 2.38 bits per heavy atom. The maximum Gasteiger partial charge on any atom is 0.330 e. The summed E-state index contributed by atoms with van der Waals surface area (Å²) < 4.78 is 0. The molecule has 0 amide bonds. The van der Waals surface area contributed by atoms with Gasteiger partial charge in [0.2, 0.25) is 0 Å². The Morgan fingerprint density at radius 2 is 1.81 bits per heavy atom. The van der Waals surface area contributed by atoms with Crippen LogP contribution in [0.4, 0.5) is 0 Å². The smallest absolute Gasteiger partial charge is 0.330 e. The highest BCUT2D eigenvalue weighted by molar-refractivity contribution is 6.00. The number of carbonyl (C=O) groups is 2. The molecule has 0 aliphatic carbocycles. The number of hydroxylamine groups is 2. The standard InChI is InChI=1S/C17H23NO3/c1-12-7-9-13(10-8-12)15(19)14-6-5-11-18(14)21-16(20)17(2,3)4/h7-10,14H,5-6,11H2,1-4H3/t14-/m1/s1. The van der Waals surface area contributed by atoms with E-state index in [0.29, 0.717) is 12.1 Å². The van der Waals surface area contributed by atoms with Gasteiger partial charge in [0.15, 0.2) is 5.78 Å². The highest BCUT2D eigenvalue weighted by Crippen LogP contribution is 2.24. The van der Waals surface area contributed by atoms with Crippen LogP contribution < -0.4 is 0 Å². The van der Waals surface area contributed by atoms with Crippen molar-refractivity contribution in [1.82, 2.24) is 5.06 Å². The van der Waals surface area contributed by atoms with Crippen molar-refractivity contribution in [3.8, 4) is 0 Å². The average Bonchev–Trinajstić information content (AvgIpc) is 2.86. The van der Waals surface area contributed by atoms with E-state index in [0.717, 1.165) is 18.4 Å². The van der Waals surface area contributed by atoms with Gasteiger partial charge in [-0.25, -0.2) is 4.79 Å². The molecule has 0 spiro atoms. The molecule has 1 saturated heterocycles. The van der Waals surface area contributed by atoms with Crippen molar-refractivity contribution >= 4 is 11.8 Å². The van der Waals surface area contributed by atoms with Crippen LogP contribution in [0.15, 0.2) is 24.3 Å². The minimum Gasteiger partial charge on any atom is -0.367 e. The second kappa shape index (κ2) is 5.98. The summed E-state index contributed by atoms with van der Waals surface area (Å²) in [6, 6.07) is 7.15. The van der Waals surface area contributed by atoms with E-state index in [4.69, 9.17) is 4.84 Å². The molecule has 1 fully saturated rings. The molecule has 1 heterocycles. The molecule has 2 rings (SSSR count). The van der Waals surface area contributed by atoms with Crippen molar-refractivity contribution in [3.05, 3.63) is 35.4 Å². The number of nitrogens with zero attached hydrogens (tertiary/aromatic N) is 1. The van der Waals surface area contributed by atoms with E-state index >= 15 is 0 Å². The Hall–Kier alpha value is -1.68. The molecule has 1 aliphatic rings. The summed E-state index contributed by atoms with van der Waals surface area (Å²) in [5, 5.41) is 1.55. The Labute approximate surface area is 126 Å². The highest BCUT2D eigenvalue weighted by Gasteiger charge is 2.36. The van der Waals surface area contributed by atoms with Crippen molar-refractivity contribution in [2.45, 2.75) is 46.6 Å². The summed E-state index contributed by atoms with van der Waals surface area (Å²) in [4.78, 5) is 30.0. The van der Waals surface area contributed by atoms with E-state index in [1.165, 1.54) is 0 Å². The fourth-order valence-electron chi connectivity index (χ4n) is 2.27. The van der Waals surface area contributed by atoms with Gasteiger partial charge in [-0.3, -0.25) is 4.79 Å². The fraction of sp³-hybridized carbons (Fsp3) is 0.529. The summed E-state index contributed by atoms with van der Waals surface area (Å²) in [5.41, 5.74) is 1.22. The van der Waals surface area contributed by atoms with E-state index in [9.17, 15) is 9.59 Å². The summed E-state index contributed by atoms with van der Waals surface area (Å²) in [7, 11) is 0. The van der Waals surface area contributed by atoms with Gasteiger partial charge in [0.1, 0.15) is 6.04 Å². The number of carbonyl (C=O) groups excluding carboxylic acids is 2. The normalized spacial score (nSPS) is 19.5. The summed E-state index contributed by atoms with van der Waals surface area (Å²) >= 11 is 0. The van der Waals surface area contributed by atoms with Gasteiger partial charge in [0.05, 0.1) is 5.41 Å². The van der Waals surface area contributed by atoms with E-state index in [2.05, 4.69) is 0 Å². The van der Waals surface area contributed by atoms with E-state index < -0.39 is 5.41 Å². The zero-order valence-electron chi connectivity index (χ0n) is 13.2. The molecule has 1 atom stereocenters. The van der Waals surface area contributed by atoms with E-state index in [-0.39, 0.29) is 17.8 Å². The number of hydrogen-bond donors (Lipinski definition) is 0. The van der Waals surface area contributed by atoms with Gasteiger partial charge in [-0.2, -0.15) is 0 Å². The summed E-state index contributed by atoms with van der Waals surface area (Å²) in [5.74, 6) is -0.277. The Morgan fingerprint density at radius 1 is 1.19 bits per heavy atom. The number of benzene rings is 1. The molecule has 1 aromatic rings. The third kappa shape index (κ3) is 3.70. The zero-order valence-corrected chi connectivity index (χ0v) is 13.2. The van der Waals surface area contributed by atoms with Crippen LogP contribution in [0.2, 0.25) is 0 Å². The van der Waals surface area contributed by atoms with Crippen molar-refractivity contribution < 1.29 is 14.4 Å². The van der Waals surface area contributed by atoms with Crippen LogP contribution in [-0.4, -0.2) is 29.4 Å². The fourth-order valence-corrected chi connectivity index (χ4v) is 2.27. The molecule has 114 valence electrons. The number of ketones is 1. The van der Waals surface area contributed by atoms with Crippen molar-refractivity contribution in [3.63, 3.8) is 0 Å². The van der Waals surface area contributed by atoms with Gasteiger partial charge < -0.3 is 4.84 Å². The van der Waals surface area contributed by atoms with Crippen molar-refractivity contribution in [1.29, 1.82) is 0 Å². The molecule has 4 nitrogen and oxygen atoms in total. The maximum absolute atomic E-state index is 12.6. The number of rotatable bonds is 3. The second-order valence-corrected chi connectivity index (χ2v) is 6.66. The zero-order chi connectivity index (χ0) is 15.6. The molecule has 0 bridgehead atoms. The lowest BCUT2D eigenvalue weighted by atomic mass is 9.98. The third-order valence-corrected chi connectivity index (χ3v) is 3.65. The van der Waals surface area contributed by atoms with Crippen molar-refractivity contribution in [2.24, 2.45) is 5.41 Å². The first kappa shape index (κ1) is 15.7. The first-order chi connectivity index (χ1) is 9.79. The van der Waals surface area contributed by atoms with Crippen LogP contribution in [0, 0.1) is 12.3 Å². The van der Waals surface area contributed by atoms with E-state index in [1.54, 1.807) is 5.06 Å². The Kier molecular flexibility index (Phi) is 4.47. The molecule has 0 radical (unpaired) electrons. The van der Waals surface area contributed by atoms with Crippen LogP contribution in [0.25, 0.3) is 0 Å². The largest absolute Gasteiger partial charge is 0.367 e. The number of Topliss-reactive ketones (excluding diaryl/α,β-unsaturated/α-hetero) is 1. The van der Waals surface area contributed by atoms with E-state index in [1.807, 2.05) is 52.0 Å². The van der Waals surface area contributed by atoms with Crippen LogP contribution in [0.5, 0.6) is 0 Å². The Balaban J connectivity index is 2.09. The lowest BCUT2D eigenvalue weighted by molar-refractivity contribution is -0.200. The topological polar surface area (TPSA) is 46.6 Å². The van der Waals surface area contributed by atoms with Gasteiger partial charge in [-0.1, -0.05) is 29.8 Å². The van der Waals surface area contributed by atoms with Crippen LogP contribution in [-0.2, 0) is 9.63 Å². The minimum atomic E-state index is -0.569. The average molecular weight is 289 g/mol. The highest BCUT2D eigenvalue weighted by atomic mass is 16.7. The molecule has 21 heavy (non-hydrogen) atoms. The predicted octanol–water partition coefficient (Wildman–Crippen LogP) is 3.15. The predicted molar refractivity (Wildman–Crippen MR) is 80.8 cm³/mol. The number of aryl methyl sites for hydroxylation is 1. The lowest BCUT2D eigenvalue weighted by Gasteiger charge is -2.26. The molecule has 0 aromatic heterocycles. The summed E-state index contributed by atoms with van der Waals surface area (Å²) in [6.07, 6.45) is 1.59. The SMILES string of the molecule is Cc1ccc(C(=O)[C@H]2CCCN2OC(=O)C(C)(C)C)cc1. The monoisotopic (exact) mass is 289 g/mol.